The number of carbonyl (C=O) groups is 1. The van der Waals surface area contributed by atoms with Gasteiger partial charge < -0.3 is 5.32 Å². The maximum atomic E-state index is 12.2. The molecule has 1 aliphatic carbocycles. The number of rotatable bonds is 4. The summed E-state index contributed by atoms with van der Waals surface area (Å²) < 4.78 is 0. The topological polar surface area (TPSA) is 57.8 Å². The third-order valence-corrected chi connectivity index (χ3v) is 4.62. The summed E-state index contributed by atoms with van der Waals surface area (Å²) in [6, 6.07) is 8.13. The van der Waals surface area contributed by atoms with E-state index in [1.165, 1.54) is 37.7 Å². The SMILES string of the molecule is Cc1[nH]ncc1CNC(=O)c1ccc(C2CCCCC2)cc1. The maximum Gasteiger partial charge on any atom is 0.251 e. The Hall–Kier alpha value is -2.10. The molecule has 0 atom stereocenters. The lowest BCUT2D eigenvalue weighted by molar-refractivity contribution is 0.0951. The summed E-state index contributed by atoms with van der Waals surface area (Å²) in [5.74, 6) is 0.648. The number of amides is 1. The van der Waals surface area contributed by atoms with Crippen LogP contribution in [0.4, 0.5) is 0 Å². The molecule has 4 heteroatoms. The molecular weight excluding hydrogens is 274 g/mol. The second-order valence-electron chi connectivity index (χ2n) is 6.16. The van der Waals surface area contributed by atoms with E-state index in [2.05, 4.69) is 27.6 Å². The number of nitrogens with zero attached hydrogens (tertiary/aromatic N) is 1. The Bertz CT molecular complexity index is 624. The third kappa shape index (κ3) is 3.38. The second-order valence-corrected chi connectivity index (χ2v) is 6.16. The summed E-state index contributed by atoms with van der Waals surface area (Å²) in [6.07, 6.45) is 8.34. The molecule has 1 saturated carbocycles. The van der Waals surface area contributed by atoms with Crippen molar-refractivity contribution in [2.24, 2.45) is 0 Å². The number of aryl methyl sites for hydroxylation is 1. The molecule has 0 aliphatic heterocycles. The van der Waals surface area contributed by atoms with Gasteiger partial charge in [-0.2, -0.15) is 5.10 Å². The van der Waals surface area contributed by atoms with E-state index in [1.54, 1.807) is 6.20 Å². The lowest BCUT2D eigenvalue weighted by Crippen LogP contribution is -2.23. The minimum atomic E-state index is -0.0317. The van der Waals surface area contributed by atoms with Crippen LogP contribution in [0.1, 0.15) is 65.2 Å². The van der Waals surface area contributed by atoms with Gasteiger partial charge in [0, 0.05) is 23.4 Å². The molecule has 1 heterocycles. The van der Waals surface area contributed by atoms with Crippen LogP contribution in [0.3, 0.4) is 0 Å². The first-order chi connectivity index (χ1) is 10.7. The number of H-pyrrole nitrogens is 1. The van der Waals surface area contributed by atoms with Crippen molar-refractivity contribution >= 4 is 5.91 Å². The standard InChI is InChI=1S/C18H23N3O/c1-13-17(12-20-21-13)11-19-18(22)16-9-7-15(8-10-16)14-5-3-2-4-6-14/h7-10,12,14H,2-6,11H2,1H3,(H,19,22)(H,20,21). The molecule has 22 heavy (non-hydrogen) atoms. The highest BCUT2D eigenvalue weighted by Crippen LogP contribution is 2.32. The molecule has 1 fully saturated rings. The molecule has 0 radical (unpaired) electrons. The average molecular weight is 297 g/mol. The molecule has 2 aromatic rings. The van der Waals surface area contributed by atoms with Crippen molar-refractivity contribution in [1.29, 1.82) is 0 Å². The van der Waals surface area contributed by atoms with Crippen LogP contribution in [-0.4, -0.2) is 16.1 Å². The molecule has 1 aromatic carbocycles. The zero-order chi connectivity index (χ0) is 15.4. The Morgan fingerprint density at radius 2 is 1.95 bits per heavy atom. The van der Waals surface area contributed by atoms with Crippen molar-refractivity contribution in [3.8, 4) is 0 Å². The fraction of sp³-hybridized carbons (Fsp3) is 0.444. The Labute approximate surface area is 131 Å². The van der Waals surface area contributed by atoms with E-state index >= 15 is 0 Å². The van der Waals surface area contributed by atoms with Gasteiger partial charge >= 0.3 is 0 Å². The van der Waals surface area contributed by atoms with Gasteiger partial charge in [0.2, 0.25) is 0 Å². The van der Waals surface area contributed by atoms with Gasteiger partial charge in [-0.3, -0.25) is 9.89 Å². The molecule has 1 aliphatic rings. The highest BCUT2D eigenvalue weighted by molar-refractivity contribution is 5.94. The van der Waals surface area contributed by atoms with Gasteiger partial charge in [-0.15, -0.1) is 0 Å². The highest BCUT2D eigenvalue weighted by atomic mass is 16.1. The Kier molecular flexibility index (Phi) is 4.56. The van der Waals surface area contributed by atoms with Gasteiger partial charge in [0.1, 0.15) is 0 Å². The smallest absolute Gasteiger partial charge is 0.251 e. The highest BCUT2D eigenvalue weighted by Gasteiger charge is 2.16. The average Bonchev–Trinajstić information content (AvgIpc) is 2.99. The zero-order valence-corrected chi connectivity index (χ0v) is 13.1. The van der Waals surface area contributed by atoms with Gasteiger partial charge in [-0.1, -0.05) is 31.4 Å². The first kappa shape index (κ1) is 14.8. The van der Waals surface area contributed by atoms with E-state index in [4.69, 9.17) is 0 Å². The number of nitrogens with one attached hydrogen (secondary N) is 2. The zero-order valence-electron chi connectivity index (χ0n) is 13.1. The molecule has 3 rings (SSSR count). The predicted molar refractivity (Wildman–Crippen MR) is 86.8 cm³/mol. The van der Waals surface area contributed by atoms with Crippen LogP contribution < -0.4 is 5.32 Å². The Morgan fingerprint density at radius 1 is 1.23 bits per heavy atom. The quantitative estimate of drug-likeness (QED) is 0.904. The van der Waals surface area contributed by atoms with Crippen molar-refractivity contribution in [2.75, 3.05) is 0 Å². The monoisotopic (exact) mass is 297 g/mol. The van der Waals surface area contributed by atoms with Crippen LogP contribution in [0.25, 0.3) is 0 Å². The molecule has 116 valence electrons. The fourth-order valence-corrected chi connectivity index (χ4v) is 3.17. The lowest BCUT2D eigenvalue weighted by Gasteiger charge is -2.22. The molecular formula is C18H23N3O. The number of aromatic amines is 1. The molecule has 2 N–H and O–H groups in total. The van der Waals surface area contributed by atoms with Gasteiger partial charge in [0.05, 0.1) is 6.20 Å². The van der Waals surface area contributed by atoms with Crippen LogP contribution in [0.2, 0.25) is 0 Å². The van der Waals surface area contributed by atoms with Crippen LogP contribution in [0.15, 0.2) is 30.5 Å². The fourth-order valence-electron chi connectivity index (χ4n) is 3.17. The summed E-state index contributed by atoms with van der Waals surface area (Å²) >= 11 is 0. The van der Waals surface area contributed by atoms with Crippen molar-refractivity contribution < 1.29 is 4.79 Å². The van der Waals surface area contributed by atoms with Gasteiger partial charge in [0.25, 0.3) is 5.91 Å². The van der Waals surface area contributed by atoms with Crippen molar-refractivity contribution in [3.05, 3.63) is 52.8 Å². The van der Waals surface area contributed by atoms with Crippen LogP contribution in [-0.2, 0) is 6.54 Å². The molecule has 0 spiro atoms. The summed E-state index contributed by atoms with van der Waals surface area (Å²) in [7, 11) is 0. The second kappa shape index (κ2) is 6.77. The van der Waals surface area contributed by atoms with Crippen LogP contribution in [0.5, 0.6) is 0 Å². The number of hydrogen-bond donors (Lipinski definition) is 2. The van der Waals surface area contributed by atoms with Crippen LogP contribution >= 0.6 is 0 Å². The van der Waals surface area contributed by atoms with Gasteiger partial charge in [-0.25, -0.2) is 0 Å². The van der Waals surface area contributed by atoms with Crippen molar-refractivity contribution in [2.45, 2.75) is 51.5 Å². The van der Waals surface area contributed by atoms with E-state index in [0.717, 1.165) is 16.8 Å². The number of hydrogen-bond acceptors (Lipinski definition) is 2. The Balaban J connectivity index is 1.59. The third-order valence-electron chi connectivity index (χ3n) is 4.62. The summed E-state index contributed by atoms with van der Waals surface area (Å²) in [4.78, 5) is 12.2. The van der Waals surface area contributed by atoms with Gasteiger partial charge in [-0.05, 0) is 43.4 Å². The number of carbonyl (C=O) groups excluding carboxylic acids is 1. The van der Waals surface area contributed by atoms with E-state index in [-0.39, 0.29) is 5.91 Å². The summed E-state index contributed by atoms with van der Waals surface area (Å²) in [5.41, 5.74) is 4.11. The molecule has 0 saturated heterocycles. The van der Waals surface area contributed by atoms with Gasteiger partial charge in [0.15, 0.2) is 0 Å². The normalized spacial score (nSPS) is 15.7. The molecule has 4 nitrogen and oxygen atoms in total. The van der Waals surface area contributed by atoms with Crippen molar-refractivity contribution in [3.63, 3.8) is 0 Å². The first-order valence-corrected chi connectivity index (χ1v) is 8.11. The van der Waals surface area contributed by atoms with E-state index in [1.807, 2.05) is 19.1 Å². The van der Waals surface area contributed by atoms with E-state index < -0.39 is 0 Å². The minimum Gasteiger partial charge on any atom is -0.348 e. The van der Waals surface area contributed by atoms with Crippen molar-refractivity contribution in [1.82, 2.24) is 15.5 Å². The minimum absolute atomic E-state index is 0.0317. The molecule has 0 unspecified atom stereocenters. The predicted octanol–water partition coefficient (Wildman–Crippen LogP) is 3.70. The van der Waals surface area contributed by atoms with E-state index in [0.29, 0.717) is 12.5 Å². The molecule has 1 aromatic heterocycles. The Morgan fingerprint density at radius 3 is 2.59 bits per heavy atom. The van der Waals surface area contributed by atoms with Crippen LogP contribution in [0, 0.1) is 6.92 Å². The number of aromatic nitrogens is 2. The largest absolute Gasteiger partial charge is 0.348 e. The number of benzene rings is 1. The molecule has 0 bridgehead atoms. The first-order valence-electron chi connectivity index (χ1n) is 8.11. The summed E-state index contributed by atoms with van der Waals surface area (Å²) in [6.45, 7) is 2.46. The van der Waals surface area contributed by atoms with E-state index in [9.17, 15) is 4.79 Å². The molecule has 1 amide bonds. The lowest BCUT2D eigenvalue weighted by atomic mass is 9.84. The summed E-state index contributed by atoms with van der Waals surface area (Å²) in [5, 5.41) is 9.78. The maximum absolute atomic E-state index is 12.2.